The first-order valence-corrected chi connectivity index (χ1v) is 15.8. The van der Waals surface area contributed by atoms with E-state index < -0.39 is 28.9 Å². The summed E-state index contributed by atoms with van der Waals surface area (Å²) in [4.78, 5) is 46.0. The Kier molecular flexibility index (Phi) is 9.90. The number of benzene rings is 1. The number of aromatic nitrogens is 3. The number of thiophene rings is 1. The second-order valence-electron chi connectivity index (χ2n) is 12.4. The molecule has 1 N–H and O–H groups in total. The van der Waals surface area contributed by atoms with Gasteiger partial charge in [0.05, 0.1) is 36.2 Å². The summed E-state index contributed by atoms with van der Waals surface area (Å²) in [6.07, 6.45) is 5.79. The molecule has 0 aliphatic carbocycles. The average Bonchev–Trinajstić information content (AvgIpc) is 3.62. The molecule has 10 nitrogen and oxygen atoms in total. The molecule has 1 aromatic carbocycles. The van der Waals surface area contributed by atoms with E-state index in [0.717, 1.165) is 35.8 Å². The van der Waals surface area contributed by atoms with Gasteiger partial charge in [-0.3, -0.25) is 9.36 Å². The van der Waals surface area contributed by atoms with Gasteiger partial charge in [0, 0.05) is 5.56 Å². The molecule has 0 spiro atoms. The third-order valence-electron chi connectivity index (χ3n) is 8.40. The van der Waals surface area contributed by atoms with Crippen LogP contribution in [0.5, 0.6) is 5.75 Å². The number of carboxylic acids is 1. The van der Waals surface area contributed by atoms with E-state index in [9.17, 15) is 19.5 Å². The van der Waals surface area contributed by atoms with Crippen molar-refractivity contribution in [2.24, 2.45) is 5.41 Å². The largest absolute Gasteiger partial charge is 0.496 e. The summed E-state index contributed by atoms with van der Waals surface area (Å²) >= 11 is 1.21. The number of aryl methyl sites for hydroxylation is 1. The number of methoxy groups -OCH3 is 1. The Balaban J connectivity index is 2.03. The molecular formula is C33H43N3O7S. The molecule has 0 aliphatic heterocycles. The Morgan fingerprint density at radius 2 is 1.84 bits per heavy atom. The van der Waals surface area contributed by atoms with Gasteiger partial charge in [-0.05, 0) is 50.7 Å². The number of para-hydroxylation sites is 1. The molecule has 3 heterocycles. The molecule has 0 aliphatic rings. The maximum atomic E-state index is 14.3. The first-order valence-electron chi connectivity index (χ1n) is 15.0. The highest BCUT2D eigenvalue weighted by atomic mass is 32.1. The lowest BCUT2D eigenvalue weighted by Crippen LogP contribution is -2.52. The Bertz CT molecular complexity index is 1730. The van der Waals surface area contributed by atoms with Crippen LogP contribution < -0.4 is 16.0 Å². The number of fused-ring (bicyclic) bond motifs is 1. The standard InChI is InChI=1S/C33H43N3O7S/c1-9-13-24(32(4,5)16-10-2)43-23(21-14-11-12-15-22(21)41-8)19-35-29-25(20(3)26(44-29)27-34-17-18-42-27)28(37)36(31(35)40)33(6,7)30(38)39/h11-12,14-15,17-18,23-24H,9-10,13,16,19H2,1-8H3,(H,38,39)/t23?,24-/m0/s1. The minimum atomic E-state index is -1.82. The van der Waals surface area contributed by atoms with Crippen LogP contribution in [-0.2, 0) is 21.6 Å². The molecule has 11 heteroatoms. The fourth-order valence-corrected chi connectivity index (χ4v) is 7.10. The van der Waals surface area contributed by atoms with Crippen molar-refractivity contribution in [1.82, 2.24) is 14.1 Å². The fourth-order valence-electron chi connectivity index (χ4n) is 5.86. The summed E-state index contributed by atoms with van der Waals surface area (Å²) in [7, 11) is 1.59. The lowest BCUT2D eigenvalue weighted by Gasteiger charge is -2.37. The summed E-state index contributed by atoms with van der Waals surface area (Å²) in [5, 5.41) is 10.3. The Labute approximate surface area is 261 Å². The van der Waals surface area contributed by atoms with Crippen LogP contribution in [0.2, 0.25) is 0 Å². The molecule has 0 amide bonds. The van der Waals surface area contributed by atoms with Crippen LogP contribution in [0, 0.1) is 12.3 Å². The first kappa shape index (κ1) is 33.2. The summed E-state index contributed by atoms with van der Waals surface area (Å²) < 4.78 is 20.6. The number of hydrogen-bond acceptors (Lipinski definition) is 8. The summed E-state index contributed by atoms with van der Waals surface area (Å²) in [5.74, 6) is -0.384. The molecule has 4 rings (SSSR count). The highest BCUT2D eigenvalue weighted by Crippen LogP contribution is 2.40. The van der Waals surface area contributed by atoms with Crippen molar-refractivity contribution in [3.05, 3.63) is 68.7 Å². The first-order chi connectivity index (χ1) is 20.8. The Hall–Kier alpha value is -3.70. The van der Waals surface area contributed by atoms with Gasteiger partial charge in [0.15, 0.2) is 0 Å². The van der Waals surface area contributed by atoms with Crippen LogP contribution in [-0.4, -0.2) is 38.4 Å². The third kappa shape index (κ3) is 6.12. The molecule has 0 fully saturated rings. The molecule has 1 unspecified atom stereocenters. The van der Waals surface area contributed by atoms with Crippen molar-refractivity contribution >= 4 is 27.5 Å². The van der Waals surface area contributed by atoms with Crippen LogP contribution in [0.1, 0.15) is 84.5 Å². The van der Waals surface area contributed by atoms with Crippen molar-refractivity contribution < 1.29 is 23.8 Å². The number of carboxylic acid groups (broad SMARTS) is 1. The van der Waals surface area contributed by atoms with Gasteiger partial charge >= 0.3 is 11.7 Å². The number of hydrogen-bond donors (Lipinski definition) is 1. The van der Waals surface area contributed by atoms with E-state index in [2.05, 4.69) is 32.7 Å². The number of oxazole rings is 1. The molecule has 0 bridgehead atoms. The molecule has 238 valence electrons. The molecule has 0 saturated heterocycles. The van der Waals surface area contributed by atoms with E-state index in [0.29, 0.717) is 26.9 Å². The minimum absolute atomic E-state index is 0.0130. The lowest BCUT2D eigenvalue weighted by atomic mass is 9.80. The predicted molar refractivity (Wildman–Crippen MR) is 172 cm³/mol. The summed E-state index contributed by atoms with van der Waals surface area (Å²) in [5.41, 5.74) is -2.09. The monoisotopic (exact) mass is 625 g/mol. The highest BCUT2D eigenvalue weighted by molar-refractivity contribution is 7.22. The maximum absolute atomic E-state index is 14.3. The van der Waals surface area contributed by atoms with Crippen LogP contribution in [0.15, 0.2) is 50.7 Å². The van der Waals surface area contributed by atoms with E-state index in [1.54, 1.807) is 14.0 Å². The zero-order chi connectivity index (χ0) is 32.4. The SMILES string of the molecule is CCC[C@H](OC(Cn1c(=O)n(C(C)(C)C(=O)O)c(=O)c2c(C)c(-c3ncco3)sc21)c1ccccc1OC)C(C)(C)CCC. The van der Waals surface area contributed by atoms with Gasteiger partial charge < -0.3 is 19.0 Å². The van der Waals surface area contributed by atoms with Gasteiger partial charge in [-0.15, -0.1) is 11.3 Å². The van der Waals surface area contributed by atoms with Crippen LogP contribution in [0.25, 0.3) is 21.0 Å². The number of carbonyl (C=O) groups is 1. The van der Waals surface area contributed by atoms with Gasteiger partial charge in [0.1, 0.15) is 28.5 Å². The van der Waals surface area contributed by atoms with Crippen LogP contribution in [0.3, 0.4) is 0 Å². The second kappa shape index (κ2) is 13.1. The second-order valence-corrected chi connectivity index (χ2v) is 13.4. The van der Waals surface area contributed by atoms with E-state index in [4.69, 9.17) is 13.9 Å². The number of rotatable bonds is 14. The quantitative estimate of drug-likeness (QED) is 0.163. The zero-order valence-corrected chi connectivity index (χ0v) is 27.6. The van der Waals surface area contributed by atoms with Gasteiger partial charge in [0.2, 0.25) is 5.89 Å². The van der Waals surface area contributed by atoms with Crippen LogP contribution >= 0.6 is 11.3 Å². The average molecular weight is 626 g/mol. The molecule has 0 radical (unpaired) electrons. The fraction of sp³-hybridized carbons (Fsp3) is 0.515. The predicted octanol–water partition coefficient (Wildman–Crippen LogP) is 6.77. The van der Waals surface area contributed by atoms with E-state index in [-0.39, 0.29) is 23.4 Å². The van der Waals surface area contributed by atoms with E-state index in [1.807, 2.05) is 24.3 Å². The highest BCUT2D eigenvalue weighted by Gasteiger charge is 2.37. The molecule has 44 heavy (non-hydrogen) atoms. The van der Waals surface area contributed by atoms with E-state index >= 15 is 0 Å². The molecular weight excluding hydrogens is 582 g/mol. The maximum Gasteiger partial charge on any atom is 0.333 e. The van der Waals surface area contributed by atoms with Crippen molar-refractivity contribution in [3.63, 3.8) is 0 Å². The number of nitrogens with zero attached hydrogens (tertiary/aromatic N) is 3. The van der Waals surface area contributed by atoms with E-state index in [1.165, 1.54) is 42.2 Å². The van der Waals surface area contributed by atoms with Crippen molar-refractivity contribution in [1.29, 1.82) is 0 Å². The summed E-state index contributed by atoms with van der Waals surface area (Å²) in [6.45, 7) is 13.1. The minimum Gasteiger partial charge on any atom is -0.496 e. The molecule has 0 saturated carbocycles. The molecule has 2 atom stereocenters. The third-order valence-corrected chi connectivity index (χ3v) is 9.70. The van der Waals surface area contributed by atoms with Gasteiger partial charge in [0.25, 0.3) is 5.56 Å². The van der Waals surface area contributed by atoms with Gasteiger partial charge in [-0.25, -0.2) is 19.1 Å². The Morgan fingerprint density at radius 3 is 2.43 bits per heavy atom. The van der Waals surface area contributed by atoms with Crippen molar-refractivity contribution in [2.45, 2.75) is 98.4 Å². The summed E-state index contributed by atoms with van der Waals surface area (Å²) in [6, 6.07) is 7.52. The van der Waals surface area contributed by atoms with Crippen LogP contribution in [0.4, 0.5) is 0 Å². The zero-order valence-electron chi connectivity index (χ0n) is 26.8. The molecule has 3 aromatic heterocycles. The van der Waals surface area contributed by atoms with Gasteiger partial charge in [-0.2, -0.15) is 0 Å². The molecule has 4 aromatic rings. The number of aliphatic carboxylic acids is 1. The lowest BCUT2D eigenvalue weighted by molar-refractivity contribution is -0.146. The smallest absolute Gasteiger partial charge is 0.333 e. The topological polar surface area (TPSA) is 126 Å². The van der Waals surface area contributed by atoms with Gasteiger partial charge in [-0.1, -0.05) is 58.7 Å². The normalized spacial score (nSPS) is 13.7. The Morgan fingerprint density at radius 1 is 1.14 bits per heavy atom. The van der Waals surface area contributed by atoms with Crippen molar-refractivity contribution in [3.8, 4) is 16.5 Å². The van der Waals surface area contributed by atoms with Crippen molar-refractivity contribution in [2.75, 3.05) is 7.11 Å². The number of ether oxygens (including phenoxy) is 2.